The Kier molecular flexibility index (Phi) is 5.46. The van der Waals surface area contributed by atoms with Gasteiger partial charge in [-0.1, -0.05) is 0 Å². The summed E-state index contributed by atoms with van der Waals surface area (Å²) in [5.41, 5.74) is 3.11. The van der Waals surface area contributed by atoms with Crippen LogP contribution in [0.2, 0.25) is 0 Å². The van der Waals surface area contributed by atoms with Crippen molar-refractivity contribution in [3.05, 3.63) is 47.6 Å². The molecule has 1 nitrogen and oxygen atoms in total. The fraction of sp³-hybridized carbons (Fsp3) is 0.500. The maximum atomic E-state index is 6.20. The molecule has 0 aliphatic heterocycles. The average molecular weight is 355 g/mol. The molecule has 3 rings (SSSR count). The summed E-state index contributed by atoms with van der Waals surface area (Å²) in [5.74, 6) is 0.603. The third-order valence-corrected chi connectivity index (χ3v) is 5.49. The first kappa shape index (κ1) is 15.5. The first-order chi connectivity index (χ1) is 8.87. The molecular formula is C16H20ClOZr. The van der Waals surface area contributed by atoms with Gasteiger partial charge in [0.15, 0.2) is 0 Å². The molecule has 0 aromatic heterocycles. The van der Waals surface area contributed by atoms with E-state index in [1.165, 1.54) is 56.4 Å². The molecule has 3 aliphatic rings. The number of hydrogen-bond donors (Lipinski definition) is 0. The molecule has 2 atom stereocenters. The van der Waals surface area contributed by atoms with Gasteiger partial charge in [0, 0.05) is 0 Å². The molecule has 2 unspecified atom stereocenters. The summed E-state index contributed by atoms with van der Waals surface area (Å²) in [5, 5.41) is 0. The first-order valence-electron chi connectivity index (χ1n) is 6.93. The topological polar surface area (TPSA) is 9.23 Å². The van der Waals surface area contributed by atoms with Crippen LogP contribution in [0.5, 0.6) is 0 Å². The van der Waals surface area contributed by atoms with Crippen molar-refractivity contribution in [3.8, 4) is 0 Å². The van der Waals surface area contributed by atoms with Gasteiger partial charge in [-0.2, -0.15) is 0 Å². The van der Waals surface area contributed by atoms with E-state index in [1.54, 1.807) is 5.57 Å². The zero-order valence-corrected chi connectivity index (χ0v) is 14.4. The van der Waals surface area contributed by atoms with Gasteiger partial charge in [0.1, 0.15) is 0 Å². The number of allylic oxidation sites excluding steroid dienone is 6. The summed E-state index contributed by atoms with van der Waals surface area (Å²) in [6, 6.07) is 0. The standard InChI is InChI=1S/C16H19O.ClH.Zr/c17-16(14-9-3-4-10-14)12-6-5-11-15(16)13-7-1-2-8-13;;/h1-4,7,9,15H,5-6,8,10-12H2;1H;/q-1;;+1. The van der Waals surface area contributed by atoms with Crippen molar-refractivity contribution in [2.75, 3.05) is 0 Å². The second-order valence-corrected chi connectivity index (χ2v) is 5.99. The number of rotatable bonds is 3. The molecule has 0 saturated heterocycles. The Labute approximate surface area is 137 Å². The van der Waals surface area contributed by atoms with Crippen molar-refractivity contribution in [3.63, 3.8) is 0 Å². The fourth-order valence-corrected chi connectivity index (χ4v) is 4.61. The summed E-state index contributed by atoms with van der Waals surface area (Å²) in [6.45, 7) is 0. The summed E-state index contributed by atoms with van der Waals surface area (Å²) < 4.78 is 6.20. The van der Waals surface area contributed by atoms with E-state index in [9.17, 15) is 0 Å². The zero-order valence-electron chi connectivity index (χ0n) is 11.1. The van der Waals surface area contributed by atoms with Gasteiger partial charge in [0.05, 0.1) is 0 Å². The Hall–Kier alpha value is 0.0931. The van der Waals surface area contributed by atoms with Crippen LogP contribution in [0.4, 0.5) is 0 Å². The van der Waals surface area contributed by atoms with Gasteiger partial charge in [-0.15, -0.1) is 12.4 Å². The number of halogens is 1. The Morgan fingerprint density at radius 2 is 1.89 bits per heavy atom. The molecular weight excluding hydrogens is 335 g/mol. The van der Waals surface area contributed by atoms with E-state index in [1.807, 2.05) is 0 Å². The van der Waals surface area contributed by atoms with Crippen LogP contribution in [0.25, 0.3) is 0 Å². The second-order valence-electron chi connectivity index (χ2n) is 5.49. The van der Waals surface area contributed by atoms with E-state index in [-0.39, 0.29) is 18.0 Å². The van der Waals surface area contributed by atoms with Gasteiger partial charge in [-0.3, -0.25) is 0 Å². The van der Waals surface area contributed by atoms with Crippen molar-refractivity contribution in [1.82, 2.24) is 0 Å². The van der Waals surface area contributed by atoms with Crippen molar-refractivity contribution in [1.29, 1.82) is 0 Å². The van der Waals surface area contributed by atoms with Crippen molar-refractivity contribution in [2.45, 2.75) is 44.1 Å². The van der Waals surface area contributed by atoms with Crippen LogP contribution >= 0.6 is 12.4 Å². The van der Waals surface area contributed by atoms with E-state index >= 15 is 0 Å². The molecule has 0 radical (unpaired) electrons. The minimum absolute atomic E-state index is 0. The Morgan fingerprint density at radius 3 is 2.53 bits per heavy atom. The second kappa shape index (κ2) is 6.70. The van der Waals surface area contributed by atoms with Crippen molar-refractivity contribution in [2.24, 2.45) is 5.92 Å². The molecule has 3 heteroatoms. The molecule has 101 valence electrons. The predicted molar refractivity (Wildman–Crippen MR) is 76.7 cm³/mol. The molecule has 0 spiro atoms. The summed E-state index contributed by atoms with van der Waals surface area (Å²) >= 11 is 1.21. The van der Waals surface area contributed by atoms with E-state index in [0.717, 1.165) is 12.8 Å². The van der Waals surface area contributed by atoms with E-state index in [2.05, 4.69) is 36.5 Å². The van der Waals surface area contributed by atoms with Crippen LogP contribution in [0.3, 0.4) is 0 Å². The third kappa shape index (κ3) is 2.77. The van der Waals surface area contributed by atoms with Crippen LogP contribution in [0.15, 0.2) is 47.6 Å². The van der Waals surface area contributed by atoms with Gasteiger partial charge in [-0.25, -0.2) is 0 Å². The van der Waals surface area contributed by atoms with Crippen molar-refractivity contribution >= 4 is 12.4 Å². The Balaban J connectivity index is 0.00000133. The number of hydrogen-bond acceptors (Lipinski definition) is 1. The van der Waals surface area contributed by atoms with Gasteiger partial charge in [0.25, 0.3) is 0 Å². The van der Waals surface area contributed by atoms with Crippen LogP contribution in [-0.2, 0) is 28.0 Å². The van der Waals surface area contributed by atoms with E-state index < -0.39 is 0 Å². The first-order valence-corrected chi connectivity index (χ1v) is 7.94. The Morgan fingerprint density at radius 1 is 1.11 bits per heavy atom. The molecule has 0 heterocycles. The fourth-order valence-electron chi connectivity index (χ4n) is 3.68. The van der Waals surface area contributed by atoms with E-state index in [0.29, 0.717) is 5.92 Å². The monoisotopic (exact) mass is 353 g/mol. The molecule has 1 saturated carbocycles. The molecule has 1 fully saturated rings. The summed E-state index contributed by atoms with van der Waals surface area (Å²) in [6.07, 6.45) is 20.9. The average Bonchev–Trinajstić information content (AvgIpc) is 3.11. The van der Waals surface area contributed by atoms with Crippen LogP contribution in [-0.4, -0.2) is 5.60 Å². The van der Waals surface area contributed by atoms with Crippen LogP contribution in [0.1, 0.15) is 38.5 Å². The molecule has 0 N–H and O–H groups in total. The van der Waals surface area contributed by atoms with Gasteiger partial charge < -0.3 is 0 Å². The molecule has 0 bridgehead atoms. The zero-order chi connectivity index (χ0) is 12.4. The molecule has 0 amide bonds. The third-order valence-electron chi connectivity index (χ3n) is 4.60. The van der Waals surface area contributed by atoms with E-state index in [4.69, 9.17) is 2.81 Å². The maximum absolute atomic E-state index is 6.20. The predicted octanol–water partition coefficient (Wildman–Crippen LogP) is 4.59. The molecule has 19 heavy (non-hydrogen) atoms. The van der Waals surface area contributed by atoms with Gasteiger partial charge in [0.2, 0.25) is 0 Å². The van der Waals surface area contributed by atoms with Crippen LogP contribution < -0.4 is 0 Å². The van der Waals surface area contributed by atoms with Crippen LogP contribution in [0, 0.1) is 5.92 Å². The van der Waals surface area contributed by atoms with Gasteiger partial charge in [-0.05, 0) is 0 Å². The molecule has 0 aromatic rings. The molecule has 0 aromatic carbocycles. The summed E-state index contributed by atoms with van der Waals surface area (Å²) in [7, 11) is 0. The molecule has 3 aliphatic carbocycles. The Bertz CT molecular complexity index is 450. The normalized spacial score (nSPS) is 32.9. The van der Waals surface area contributed by atoms with Crippen molar-refractivity contribution < 1.29 is 28.0 Å². The minimum atomic E-state index is 0. The quantitative estimate of drug-likeness (QED) is 0.720. The van der Waals surface area contributed by atoms with Gasteiger partial charge >= 0.3 is 126 Å². The SMILES string of the molecule is Cl.[Zr][O]C1(C2=CC=CC2)CCCCC1C1=CC=CC1. The summed E-state index contributed by atoms with van der Waals surface area (Å²) in [4.78, 5) is 0.